The Morgan fingerprint density at radius 1 is 1.58 bits per heavy atom. The molecule has 0 aliphatic heterocycles. The van der Waals surface area contributed by atoms with E-state index in [4.69, 9.17) is 5.73 Å². The van der Waals surface area contributed by atoms with Crippen molar-refractivity contribution in [2.45, 2.75) is 38.8 Å². The first-order valence-corrected chi connectivity index (χ1v) is 7.70. The van der Waals surface area contributed by atoms with Crippen molar-refractivity contribution in [1.29, 1.82) is 0 Å². The second kappa shape index (κ2) is 8.30. The summed E-state index contributed by atoms with van der Waals surface area (Å²) in [6.07, 6.45) is 1.42. The molecule has 0 fully saturated rings. The highest BCUT2D eigenvalue weighted by atomic mass is 32.1. The van der Waals surface area contributed by atoms with Crippen LogP contribution in [0.25, 0.3) is 0 Å². The lowest BCUT2D eigenvalue weighted by Crippen LogP contribution is -2.43. The minimum Gasteiger partial charge on any atom is -0.356 e. The molecule has 1 rings (SSSR count). The van der Waals surface area contributed by atoms with E-state index >= 15 is 0 Å². The molecule has 4 nitrogen and oxygen atoms in total. The monoisotopic (exact) mass is 283 g/mol. The zero-order valence-corrected chi connectivity index (χ0v) is 12.9. The Labute approximate surface area is 120 Å². The van der Waals surface area contributed by atoms with Crippen LogP contribution in [0.5, 0.6) is 0 Å². The molecule has 0 bridgehead atoms. The molecule has 0 spiro atoms. The summed E-state index contributed by atoms with van der Waals surface area (Å²) in [4.78, 5) is 15.3. The Morgan fingerprint density at radius 2 is 2.32 bits per heavy atom. The number of nitrogens with zero attached hydrogens (tertiary/aromatic N) is 1. The Balaban J connectivity index is 2.56. The van der Waals surface area contributed by atoms with E-state index in [1.54, 1.807) is 11.3 Å². The van der Waals surface area contributed by atoms with Gasteiger partial charge in [0.25, 0.3) is 0 Å². The summed E-state index contributed by atoms with van der Waals surface area (Å²) >= 11 is 1.74. The number of likely N-dealkylation sites (N-methyl/N-ethyl adjacent to an activating group) is 1. The highest BCUT2D eigenvalue weighted by Gasteiger charge is 2.22. The van der Waals surface area contributed by atoms with Crippen molar-refractivity contribution in [1.82, 2.24) is 10.2 Å². The first kappa shape index (κ1) is 16.1. The molecule has 0 saturated heterocycles. The molecule has 1 aromatic heterocycles. The molecule has 2 unspecified atom stereocenters. The smallest absolute Gasteiger partial charge is 0.221 e. The van der Waals surface area contributed by atoms with Crippen LogP contribution in [0, 0.1) is 0 Å². The third-order valence-corrected chi connectivity index (χ3v) is 4.45. The molecule has 0 aromatic carbocycles. The van der Waals surface area contributed by atoms with Crippen LogP contribution >= 0.6 is 11.3 Å². The number of carbonyl (C=O) groups excluding carboxylic acids is 1. The molecule has 0 aliphatic carbocycles. The van der Waals surface area contributed by atoms with Crippen LogP contribution in [0.3, 0.4) is 0 Å². The summed E-state index contributed by atoms with van der Waals surface area (Å²) in [5, 5.41) is 4.98. The second-order valence-electron chi connectivity index (χ2n) is 4.80. The lowest BCUT2D eigenvalue weighted by molar-refractivity contribution is -0.122. The number of hydrogen-bond donors (Lipinski definition) is 2. The van der Waals surface area contributed by atoms with Gasteiger partial charge in [0.15, 0.2) is 0 Å². The van der Waals surface area contributed by atoms with Crippen molar-refractivity contribution in [3.63, 3.8) is 0 Å². The maximum absolute atomic E-state index is 11.8. The molecule has 3 N–H and O–H groups in total. The van der Waals surface area contributed by atoms with Gasteiger partial charge in [-0.05, 0) is 31.8 Å². The summed E-state index contributed by atoms with van der Waals surface area (Å²) in [5.74, 6) is 0.0857. The largest absolute Gasteiger partial charge is 0.356 e. The molecule has 0 saturated carbocycles. The molecule has 5 heteroatoms. The Bertz CT molecular complexity index is 367. The van der Waals surface area contributed by atoms with Crippen molar-refractivity contribution in [3.8, 4) is 0 Å². The van der Waals surface area contributed by atoms with Crippen LogP contribution in [0.15, 0.2) is 17.5 Å². The Kier molecular flexibility index (Phi) is 7.05. The molecule has 1 amide bonds. The number of nitrogens with one attached hydrogen (secondary N) is 1. The van der Waals surface area contributed by atoms with Crippen LogP contribution in [0.1, 0.15) is 37.6 Å². The van der Waals surface area contributed by atoms with Crippen LogP contribution in [-0.2, 0) is 4.79 Å². The van der Waals surface area contributed by atoms with Gasteiger partial charge in [0.05, 0.1) is 0 Å². The maximum atomic E-state index is 11.8. The van der Waals surface area contributed by atoms with Gasteiger partial charge in [0.1, 0.15) is 0 Å². The molecule has 19 heavy (non-hydrogen) atoms. The fourth-order valence-corrected chi connectivity index (χ4v) is 2.82. The number of hydrogen-bond acceptors (Lipinski definition) is 4. The van der Waals surface area contributed by atoms with Crippen LogP contribution in [0.2, 0.25) is 0 Å². The minimum atomic E-state index is 0.0777. The zero-order valence-electron chi connectivity index (χ0n) is 12.1. The normalized spacial score (nSPS) is 14.4. The quantitative estimate of drug-likeness (QED) is 0.767. The van der Waals surface area contributed by atoms with E-state index in [2.05, 4.69) is 34.7 Å². The molecule has 0 radical (unpaired) electrons. The number of carbonyl (C=O) groups is 1. The number of amides is 1. The summed E-state index contributed by atoms with van der Waals surface area (Å²) in [6, 6.07) is 4.54. The van der Waals surface area contributed by atoms with Gasteiger partial charge in [-0.25, -0.2) is 0 Å². The van der Waals surface area contributed by atoms with E-state index in [1.165, 1.54) is 4.88 Å². The predicted octanol–water partition coefficient (Wildman–Crippen LogP) is 1.98. The molecule has 2 atom stereocenters. The van der Waals surface area contributed by atoms with Crippen LogP contribution in [0.4, 0.5) is 0 Å². The third-order valence-electron chi connectivity index (χ3n) is 3.41. The van der Waals surface area contributed by atoms with Gasteiger partial charge in [-0.2, -0.15) is 0 Å². The lowest BCUT2D eigenvalue weighted by atomic mass is 10.1. The number of rotatable bonds is 8. The van der Waals surface area contributed by atoms with E-state index in [0.29, 0.717) is 13.0 Å². The first-order chi connectivity index (χ1) is 9.10. The van der Waals surface area contributed by atoms with Crippen LogP contribution < -0.4 is 11.1 Å². The van der Waals surface area contributed by atoms with Crippen molar-refractivity contribution in [3.05, 3.63) is 22.4 Å². The van der Waals surface area contributed by atoms with Gasteiger partial charge in [-0.3, -0.25) is 9.69 Å². The summed E-state index contributed by atoms with van der Waals surface area (Å²) in [7, 11) is 2.04. The lowest BCUT2D eigenvalue weighted by Gasteiger charge is -2.31. The van der Waals surface area contributed by atoms with Crippen molar-refractivity contribution < 1.29 is 4.79 Å². The van der Waals surface area contributed by atoms with Gasteiger partial charge in [0, 0.05) is 36.5 Å². The Hall–Kier alpha value is -0.910. The fraction of sp³-hybridized carbons (Fsp3) is 0.643. The summed E-state index contributed by atoms with van der Waals surface area (Å²) < 4.78 is 0. The van der Waals surface area contributed by atoms with E-state index in [1.807, 2.05) is 14.0 Å². The Morgan fingerprint density at radius 3 is 2.84 bits per heavy atom. The zero-order chi connectivity index (χ0) is 14.3. The maximum Gasteiger partial charge on any atom is 0.221 e. The summed E-state index contributed by atoms with van der Waals surface area (Å²) in [5.41, 5.74) is 5.82. The van der Waals surface area contributed by atoms with Gasteiger partial charge in [0.2, 0.25) is 5.91 Å². The van der Waals surface area contributed by atoms with Gasteiger partial charge in [-0.1, -0.05) is 13.0 Å². The third kappa shape index (κ3) is 4.93. The molecule has 0 aliphatic rings. The van der Waals surface area contributed by atoms with Gasteiger partial charge in [-0.15, -0.1) is 11.3 Å². The SMILES string of the molecule is CCCNC(=O)CC(CN)N(C)C(C)c1cccs1. The van der Waals surface area contributed by atoms with E-state index in [9.17, 15) is 4.79 Å². The second-order valence-corrected chi connectivity index (χ2v) is 5.78. The van der Waals surface area contributed by atoms with Gasteiger partial charge < -0.3 is 11.1 Å². The van der Waals surface area contributed by atoms with Crippen LogP contribution in [-0.4, -0.2) is 37.0 Å². The van der Waals surface area contributed by atoms with Crippen molar-refractivity contribution in [2.24, 2.45) is 5.73 Å². The van der Waals surface area contributed by atoms with Gasteiger partial charge >= 0.3 is 0 Å². The topological polar surface area (TPSA) is 58.4 Å². The van der Waals surface area contributed by atoms with E-state index in [0.717, 1.165) is 13.0 Å². The predicted molar refractivity (Wildman–Crippen MR) is 81.3 cm³/mol. The standard InChI is InChI=1S/C14H25N3OS/c1-4-7-16-14(18)9-12(10-15)17(3)11(2)13-6-5-8-19-13/h5-6,8,11-12H,4,7,9-10,15H2,1-3H3,(H,16,18). The number of thiophene rings is 1. The molecular weight excluding hydrogens is 258 g/mol. The fourth-order valence-electron chi connectivity index (χ4n) is 1.99. The summed E-state index contributed by atoms with van der Waals surface area (Å²) in [6.45, 7) is 5.43. The highest BCUT2D eigenvalue weighted by molar-refractivity contribution is 7.10. The molecule has 1 heterocycles. The van der Waals surface area contributed by atoms with Crippen molar-refractivity contribution >= 4 is 17.2 Å². The molecule has 1 aromatic rings. The first-order valence-electron chi connectivity index (χ1n) is 6.82. The van der Waals surface area contributed by atoms with E-state index < -0.39 is 0 Å². The number of nitrogens with two attached hydrogens (primary N) is 1. The molecule has 108 valence electrons. The minimum absolute atomic E-state index is 0.0777. The highest BCUT2D eigenvalue weighted by Crippen LogP contribution is 2.25. The van der Waals surface area contributed by atoms with Crippen molar-refractivity contribution in [2.75, 3.05) is 20.1 Å². The average molecular weight is 283 g/mol. The molecular formula is C14H25N3OS. The van der Waals surface area contributed by atoms with E-state index in [-0.39, 0.29) is 18.0 Å². The average Bonchev–Trinajstić information content (AvgIpc) is 2.94.